The van der Waals surface area contributed by atoms with Crippen LogP contribution in [0, 0.1) is 5.82 Å². The van der Waals surface area contributed by atoms with Crippen molar-refractivity contribution in [3.05, 3.63) is 64.8 Å². The molecule has 0 bridgehead atoms. The first-order valence-corrected chi connectivity index (χ1v) is 7.26. The van der Waals surface area contributed by atoms with Gasteiger partial charge < -0.3 is 10.4 Å². The zero-order valence-corrected chi connectivity index (χ0v) is 12.1. The van der Waals surface area contributed by atoms with Gasteiger partial charge in [0.15, 0.2) is 5.17 Å². The molecule has 0 unspecified atom stereocenters. The van der Waals surface area contributed by atoms with E-state index >= 15 is 0 Å². The van der Waals surface area contributed by atoms with Gasteiger partial charge in [0.1, 0.15) is 17.3 Å². The summed E-state index contributed by atoms with van der Waals surface area (Å²) < 4.78 is 13.6. The van der Waals surface area contributed by atoms with Crippen molar-refractivity contribution in [2.24, 2.45) is 4.99 Å². The van der Waals surface area contributed by atoms with Gasteiger partial charge in [-0.2, -0.15) is 0 Å². The summed E-state index contributed by atoms with van der Waals surface area (Å²) in [5.41, 5.74) is 0.957. The Morgan fingerprint density at radius 1 is 1.14 bits per heavy atom. The molecule has 0 aromatic heterocycles. The number of carbonyl (C=O) groups excluding carboxylic acids is 1. The molecule has 6 heteroatoms. The number of benzene rings is 2. The molecule has 0 saturated carbocycles. The molecule has 0 radical (unpaired) electrons. The summed E-state index contributed by atoms with van der Waals surface area (Å²) in [4.78, 5) is 16.5. The number of halogens is 1. The number of phenolic OH excluding ortho intramolecular Hbond substituents is 1. The van der Waals surface area contributed by atoms with E-state index in [1.54, 1.807) is 30.3 Å². The summed E-state index contributed by atoms with van der Waals surface area (Å²) in [6, 6.07) is 12.6. The number of nitrogens with one attached hydrogen (secondary N) is 1. The largest absolute Gasteiger partial charge is 0.508 e. The van der Waals surface area contributed by atoms with E-state index in [0.717, 1.165) is 17.3 Å². The van der Waals surface area contributed by atoms with E-state index in [1.165, 1.54) is 24.3 Å². The molecule has 2 aromatic rings. The van der Waals surface area contributed by atoms with E-state index in [0.29, 0.717) is 10.1 Å². The summed E-state index contributed by atoms with van der Waals surface area (Å²) in [6.07, 6.45) is 1.68. The first-order valence-electron chi connectivity index (χ1n) is 6.45. The molecule has 1 amide bonds. The Morgan fingerprint density at radius 2 is 1.86 bits per heavy atom. The Morgan fingerprint density at radius 3 is 2.59 bits per heavy atom. The number of thioether (sulfide) groups is 1. The minimum Gasteiger partial charge on any atom is -0.508 e. The maximum absolute atomic E-state index is 13.6. The molecule has 1 aliphatic heterocycles. The second-order valence-electron chi connectivity index (χ2n) is 4.52. The van der Waals surface area contributed by atoms with Gasteiger partial charge in [0, 0.05) is 0 Å². The number of nitrogens with zero attached hydrogens (tertiary/aromatic N) is 1. The van der Waals surface area contributed by atoms with Crippen LogP contribution in [0.25, 0.3) is 6.08 Å². The van der Waals surface area contributed by atoms with E-state index in [4.69, 9.17) is 0 Å². The number of aliphatic imine (C=N–C) groups is 1. The van der Waals surface area contributed by atoms with Gasteiger partial charge in [0.25, 0.3) is 5.91 Å². The number of amides is 1. The molecular weight excluding hydrogens is 303 g/mol. The fraction of sp³-hybridized carbons (Fsp3) is 0. The topological polar surface area (TPSA) is 61.7 Å². The highest BCUT2D eigenvalue weighted by Crippen LogP contribution is 2.29. The van der Waals surface area contributed by atoms with Crippen LogP contribution in [0.5, 0.6) is 5.75 Å². The van der Waals surface area contributed by atoms with Gasteiger partial charge in [-0.05, 0) is 47.7 Å². The predicted molar refractivity (Wildman–Crippen MR) is 85.3 cm³/mol. The van der Waals surface area contributed by atoms with E-state index in [1.807, 2.05) is 0 Å². The average Bonchev–Trinajstić information content (AvgIpc) is 2.84. The predicted octanol–water partition coefficient (Wildman–Crippen LogP) is 3.42. The standard InChI is InChI=1S/C16H11FN2O2S/c17-12-3-1-2-4-13(12)18-16-19-15(21)14(22-16)9-10-5-7-11(20)8-6-10/h1-9,20H,(H,18,19,21)/b14-9-. The van der Waals surface area contributed by atoms with Crippen LogP contribution in [0.1, 0.15) is 5.56 Å². The van der Waals surface area contributed by atoms with Gasteiger partial charge in [-0.3, -0.25) is 4.79 Å². The number of phenols is 1. The molecule has 1 saturated heterocycles. The molecule has 1 heterocycles. The molecule has 1 fully saturated rings. The number of para-hydroxylation sites is 1. The lowest BCUT2D eigenvalue weighted by atomic mass is 10.2. The Kier molecular flexibility index (Phi) is 3.93. The maximum Gasteiger partial charge on any atom is 0.264 e. The molecule has 22 heavy (non-hydrogen) atoms. The first kappa shape index (κ1) is 14.3. The van der Waals surface area contributed by atoms with Crippen LogP contribution in [0.2, 0.25) is 0 Å². The fourth-order valence-electron chi connectivity index (χ4n) is 1.85. The van der Waals surface area contributed by atoms with Gasteiger partial charge in [0.2, 0.25) is 0 Å². The number of aromatic hydroxyl groups is 1. The van der Waals surface area contributed by atoms with E-state index in [-0.39, 0.29) is 17.3 Å². The quantitative estimate of drug-likeness (QED) is 0.835. The lowest BCUT2D eigenvalue weighted by Gasteiger charge is -1.97. The van der Waals surface area contributed by atoms with Crippen LogP contribution in [0.3, 0.4) is 0 Å². The summed E-state index contributed by atoms with van der Waals surface area (Å²) in [5.74, 6) is -0.568. The summed E-state index contributed by atoms with van der Waals surface area (Å²) >= 11 is 1.14. The Balaban J connectivity index is 1.84. The zero-order valence-electron chi connectivity index (χ0n) is 11.3. The number of hydrogen-bond donors (Lipinski definition) is 2. The van der Waals surface area contributed by atoms with Crippen LogP contribution in [0.15, 0.2) is 58.4 Å². The van der Waals surface area contributed by atoms with Gasteiger partial charge in [-0.1, -0.05) is 24.3 Å². The fourth-order valence-corrected chi connectivity index (χ4v) is 2.69. The third-order valence-electron chi connectivity index (χ3n) is 2.92. The number of rotatable bonds is 2. The molecule has 2 aromatic carbocycles. The van der Waals surface area contributed by atoms with Crippen LogP contribution in [-0.4, -0.2) is 16.2 Å². The number of carbonyl (C=O) groups is 1. The van der Waals surface area contributed by atoms with E-state index in [2.05, 4.69) is 10.3 Å². The van der Waals surface area contributed by atoms with Crippen molar-refractivity contribution in [3.8, 4) is 5.75 Å². The minimum absolute atomic E-state index is 0.160. The average molecular weight is 314 g/mol. The second kappa shape index (κ2) is 6.03. The Labute approximate surface area is 130 Å². The number of amidine groups is 1. The van der Waals surface area contributed by atoms with Crippen LogP contribution in [0.4, 0.5) is 10.1 Å². The molecule has 110 valence electrons. The molecule has 1 aliphatic rings. The Hall–Kier alpha value is -2.60. The van der Waals surface area contributed by atoms with Gasteiger partial charge >= 0.3 is 0 Å². The molecule has 3 rings (SSSR count). The summed E-state index contributed by atoms with van der Waals surface area (Å²) in [5, 5.41) is 12.2. The van der Waals surface area contributed by atoms with Crippen LogP contribution < -0.4 is 5.32 Å². The molecule has 2 N–H and O–H groups in total. The van der Waals surface area contributed by atoms with Crippen molar-refractivity contribution >= 4 is 34.6 Å². The van der Waals surface area contributed by atoms with Gasteiger partial charge in [0.05, 0.1) is 4.91 Å². The van der Waals surface area contributed by atoms with Crippen molar-refractivity contribution in [1.82, 2.24) is 5.32 Å². The van der Waals surface area contributed by atoms with E-state index in [9.17, 15) is 14.3 Å². The molecule has 0 aliphatic carbocycles. The maximum atomic E-state index is 13.6. The number of hydrogen-bond acceptors (Lipinski definition) is 4. The highest BCUT2D eigenvalue weighted by atomic mass is 32.2. The molecule has 0 spiro atoms. The van der Waals surface area contributed by atoms with Crippen molar-refractivity contribution in [3.63, 3.8) is 0 Å². The molecular formula is C16H11FN2O2S. The van der Waals surface area contributed by atoms with Crippen LogP contribution >= 0.6 is 11.8 Å². The highest BCUT2D eigenvalue weighted by molar-refractivity contribution is 8.18. The van der Waals surface area contributed by atoms with Gasteiger partial charge in [-0.15, -0.1) is 0 Å². The Bertz CT molecular complexity index is 785. The smallest absolute Gasteiger partial charge is 0.264 e. The SMILES string of the molecule is O=C1NC(=Nc2ccccc2F)S/C1=C\c1ccc(O)cc1. The molecule has 4 nitrogen and oxygen atoms in total. The van der Waals surface area contributed by atoms with Crippen molar-refractivity contribution in [1.29, 1.82) is 0 Å². The first-order chi connectivity index (χ1) is 10.6. The summed E-state index contributed by atoms with van der Waals surface area (Å²) in [7, 11) is 0. The van der Waals surface area contributed by atoms with E-state index < -0.39 is 5.82 Å². The lowest BCUT2D eigenvalue weighted by Crippen LogP contribution is -2.19. The third-order valence-corrected chi connectivity index (χ3v) is 3.83. The van der Waals surface area contributed by atoms with Crippen LogP contribution in [-0.2, 0) is 4.79 Å². The van der Waals surface area contributed by atoms with Crippen molar-refractivity contribution in [2.75, 3.05) is 0 Å². The summed E-state index contributed by atoms with van der Waals surface area (Å²) in [6.45, 7) is 0. The molecule has 0 atom stereocenters. The van der Waals surface area contributed by atoms with Crippen molar-refractivity contribution in [2.45, 2.75) is 0 Å². The monoisotopic (exact) mass is 314 g/mol. The van der Waals surface area contributed by atoms with Crippen molar-refractivity contribution < 1.29 is 14.3 Å². The third kappa shape index (κ3) is 3.17. The second-order valence-corrected chi connectivity index (χ2v) is 5.56. The minimum atomic E-state index is -0.444. The van der Waals surface area contributed by atoms with Gasteiger partial charge in [-0.25, -0.2) is 9.38 Å². The highest BCUT2D eigenvalue weighted by Gasteiger charge is 2.24. The lowest BCUT2D eigenvalue weighted by molar-refractivity contribution is -0.115. The zero-order chi connectivity index (χ0) is 15.5. The normalized spacial score (nSPS) is 18.0.